The highest BCUT2D eigenvalue weighted by atomic mass is 127. The molecule has 0 radical (unpaired) electrons. The van der Waals surface area contributed by atoms with Crippen LogP contribution < -0.4 is 0 Å². The van der Waals surface area contributed by atoms with E-state index in [0.29, 0.717) is 18.5 Å². The van der Waals surface area contributed by atoms with Crippen LogP contribution in [-0.4, -0.2) is 34.5 Å². The summed E-state index contributed by atoms with van der Waals surface area (Å²) in [6, 6.07) is 6.56. The quantitative estimate of drug-likeness (QED) is 0.825. The highest BCUT2D eigenvalue weighted by Crippen LogP contribution is 2.20. The van der Waals surface area contributed by atoms with Gasteiger partial charge in [-0.25, -0.2) is 4.79 Å². The first-order chi connectivity index (χ1) is 8.59. The molecule has 1 aliphatic heterocycles. The Labute approximate surface area is 119 Å². The van der Waals surface area contributed by atoms with Gasteiger partial charge in [0.2, 0.25) is 0 Å². The smallest absolute Gasteiger partial charge is 0.326 e. The summed E-state index contributed by atoms with van der Waals surface area (Å²) >= 11 is 2.14. The topological polar surface area (TPSA) is 57.6 Å². The minimum Gasteiger partial charge on any atom is -0.480 e. The maximum absolute atomic E-state index is 12.3. The van der Waals surface area contributed by atoms with Crippen LogP contribution in [0.4, 0.5) is 0 Å². The van der Waals surface area contributed by atoms with E-state index in [1.54, 1.807) is 12.1 Å². The lowest BCUT2D eigenvalue weighted by atomic mass is 10.0. The standard InChI is InChI=1S/C13H14INO3/c14-10-5-3-4-9(8-10)12(16)15-7-2-1-6-11(15)13(17)18/h3-5,8,11H,1-2,6-7H2,(H,17,18)/t11-/m0/s1. The highest BCUT2D eigenvalue weighted by molar-refractivity contribution is 14.1. The van der Waals surface area contributed by atoms with Crippen molar-refractivity contribution in [2.24, 2.45) is 0 Å². The van der Waals surface area contributed by atoms with Crippen molar-refractivity contribution in [1.82, 2.24) is 4.90 Å². The first kappa shape index (κ1) is 13.3. The Hall–Kier alpha value is -1.11. The molecule has 0 saturated carbocycles. The molecule has 18 heavy (non-hydrogen) atoms. The van der Waals surface area contributed by atoms with Gasteiger partial charge in [0.25, 0.3) is 5.91 Å². The average Bonchev–Trinajstić information content (AvgIpc) is 2.38. The van der Waals surface area contributed by atoms with E-state index in [4.69, 9.17) is 5.11 Å². The first-order valence-corrected chi connectivity index (χ1v) is 6.97. The minimum absolute atomic E-state index is 0.180. The third-order valence-electron chi connectivity index (χ3n) is 3.12. The zero-order valence-corrected chi connectivity index (χ0v) is 12.0. The summed E-state index contributed by atoms with van der Waals surface area (Å²) in [5.41, 5.74) is 0.565. The molecule has 96 valence electrons. The fourth-order valence-corrected chi connectivity index (χ4v) is 2.76. The fraction of sp³-hybridized carbons (Fsp3) is 0.385. The van der Waals surface area contributed by atoms with Crippen LogP contribution in [0.5, 0.6) is 0 Å². The average molecular weight is 359 g/mol. The molecule has 0 unspecified atom stereocenters. The maximum atomic E-state index is 12.3. The fourth-order valence-electron chi connectivity index (χ4n) is 2.22. The number of piperidine rings is 1. The highest BCUT2D eigenvalue weighted by Gasteiger charge is 2.32. The molecule has 1 N–H and O–H groups in total. The lowest BCUT2D eigenvalue weighted by Crippen LogP contribution is -2.48. The molecule has 0 spiro atoms. The molecule has 1 atom stereocenters. The molecule has 2 rings (SSSR count). The number of benzene rings is 1. The van der Waals surface area contributed by atoms with Gasteiger partial charge in [0.1, 0.15) is 6.04 Å². The number of carbonyl (C=O) groups is 2. The summed E-state index contributed by atoms with van der Waals surface area (Å²) in [5.74, 6) is -1.09. The largest absolute Gasteiger partial charge is 0.480 e. The number of likely N-dealkylation sites (tertiary alicyclic amines) is 1. The monoisotopic (exact) mass is 359 g/mol. The zero-order chi connectivity index (χ0) is 13.1. The second kappa shape index (κ2) is 5.69. The van der Waals surface area contributed by atoms with Crippen molar-refractivity contribution in [3.05, 3.63) is 33.4 Å². The Morgan fingerprint density at radius 3 is 2.78 bits per heavy atom. The predicted octanol–water partition coefficient (Wildman–Crippen LogP) is 2.37. The van der Waals surface area contributed by atoms with E-state index in [0.717, 1.165) is 16.4 Å². The van der Waals surface area contributed by atoms with Crippen LogP contribution in [-0.2, 0) is 4.79 Å². The van der Waals surface area contributed by atoms with Crippen LogP contribution in [0.25, 0.3) is 0 Å². The van der Waals surface area contributed by atoms with E-state index in [1.165, 1.54) is 4.90 Å². The number of rotatable bonds is 2. The second-order valence-corrected chi connectivity index (χ2v) is 5.60. The summed E-state index contributed by atoms with van der Waals surface area (Å²) in [7, 11) is 0. The van der Waals surface area contributed by atoms with Crippen molar-refractivity contribution in [2.75, 3.05) is 6.54 Å². The number of hydrogen-bond donors (Lipinski definition) is 1. The van der Waals surface area contributed by atoms with Gasteiger partial charge in [-0.1, -0.05) is 6.07 Å². The molecule has 5 heteroatoms. The number of amides is 1. The van der Waals surface area contributed by atoms with Crippen LogP contribution in [0.1, 0.15) is 29.6 Å². The Kier molecular flexibility index (Phi) is 4.21. The number of carboxylic acid groups (broad SMARTS) is 1. The van der Waals surface area contributed by atoms with Crippen LogP contribution >= 0.6 is 22.6 Å². The Morgan fingerprint density at radius 1 is 1.33 bits per heavy atom. The van der Waals surface area contributed by atoms with E-state index in [9.17, 15) is 9.59 Å². The summed E-state index contributed by atoms with van der Waals surface area (Å²) in [6.07, 6.45) is 2.29. The van der Waals surface area contributed by atoms with Crippen molar-refractivity contribution in [1.29, 1.82) is 0 Å². The molecule has 1 fully saturated rings. The van der Waals surface area contributed by atoms with Gasteiger partial charge in [-0.3, -0.25) is 4.79 Å². The van der Waals surface area contributed by atoms with Gasteiger partial charge in [0, 0.05) is 15.7 Å². The first-order valence-electron chi connectivity index (χ1n) is 5.89. The summed E-state index contributed by atoms with van der Waals surface area (Å²) in [5, 5.41) is 9.16. The normalized spacial score (nSPS) is 19.6. The SMILES string of the molecule is O=C(O)[C@@H]1CCCCN1C(=O)c1cccc(I)c1. The van der Waals surface area contributed by atoms with Gasteiger partial charge in [-0.15, -0.1) is 0 Å². The molecule has 1 heterocycles. The molecule has 0 aromatic heterocycles. The molecule has 1 saturated heterocycles. The van der Waals surface area contributed by atoms with Gasteiger partial charge in [-0.2, -0.15) is 0 Å². The van der Waals surface area contributed by atoms with E-state index >= 15 is 0 Å². The Bertz CT molecular complexity index is 475. The lowest BCUT2D eigenvalue weighted by molar-refractivity contribution is -0.143. The maximum Gasteiger partial charge on any atom is 0.326 e. The van der Waals surface area contributed by atoms with Gasteiger partial charge in [-0.05, 0) is 60.1 Å². The number of aliphatic carboxylic acids is 1. The van der Waals surface area contributed by atoms with Crippen LogP contribution in [0.15, 0.2) is 24.3 Å². The molecule has 1 aliphatic rings. The van der Waals surface area contributed by atoms with Gasteiger partial charge < -0.3 is 10.0 Å². The summed E-state index contributed by atoms with van der Waals surface area (Å²) in [6.45, 7) is 0.529. The van der Waals surface area contributed by atoms with Crippen molar-refractivity contribution < 1.29 is 14.7 Å². The van der Waals surface area contributed by atoms with Crippen molar-refractivity contribution >= 4 is 34.5 Å². The van der Waals surface area contributed by atoms with Crippen LogP contribution in [0, 0.1) is 3.57 Å². The minimum atomic E-state index is -0.909. The predicted molar refractivity (Wildman–Crippen MR) is 75.5 cm³/mol. The van der Waals surface area contributed by atoms with E-state index in [1.807, 2.05) is 12.1 Å². The third-order valence-corrected chi connectivity index (χ3v) is 3.79. The lowest BCUT2D eigenvalue weighted by Gasteiger charge is -2.33. The number of nitrogens with zero attached hydrogens (tertiary/aromatic N) is 1. The van der Waals surface area contributed by atoms with Crippen molar-refractivity contribution in [3.63, 3.8) is 0 Å². The molecular weight excluding hydrogens is 345 g/mol. The molecule has 4 nitrogen and oxygen atoms in total. The van der Waals surface area contributed by atoms with E-state index < -0.39 is 12.0 Å². The Balaban J connectivity index is 2.23. The van der Waals surface area contributed by atoms with Crippen LogP contribution in [0.2, 0.25) is 0 Å². The zero-order valence-electron chi connectivity index (χ0n) is 9.80. The van der Waals surface area contributed by atoms with Crippen molar-refractivity contribution in [3.8, 4) is 0 Å². The van der Waals surface area contributed by atoms with Gasteiger partial charge >= 0.3 is 5.97 Å². The Morgan fingerprint density at radius 2 is 2.11 bits per heavy atom. The number of halogens is 1. The molecule has 0 bridgehead atoms. The van der Waals surface area contributed by atoms with Crippen LogP contribution in [0.3, 0.4) is 0 Å². The van der Waals surface area contributed by atoms with Gasteiger partial charge in [0.05, 0.1) is 0 Å². The molecule has 1 amide bonds. The molecular formula is C13H14INO3. The molecule has 0 aliphatic carbocycles. The summed E-state index contributed by atoms with van der Waals surface area (Å²) in [4.78, 5) is 25.0. The van der Waals surface area contributed by atoms with E-state index in [-0.39, 0.29) is 5.91 Å². The summed E-state index contributed by atoms with van der Waals surface area (Å²) < 4.78 is 0.974. The van der Waals surface area contributed by atoms with E-state index in [2.05, 4.69) is 22.6 Å². The molecule has 1 aromatic rings. The molecule has 1 aromatic carbocycles. The number of carboxylic acids is 1. The third kappa shape index (κ3) is 2.82. The van der Waals surface area contributed by atoms with Crippen molar-refractivity contribution in [2.45, 2.75) is 25.3 Å². The number of hydrogen-bond acceptors (Lipinski definition) is 2. The number of carbonyl (C=O) groups excluding carboxylic acids is 1. The van der Waals surface area contributed by atoms with Gasteiger partial charge in [0.15, 0.2) is 0 Å². The second-order valence-electron chi connectivity index (χ2n) is 4.36.